The molecule has 0 aromatic heterocycles. The summed E-state index contributed by atoms with van der Waals surface area (Å²) < 4.78 is 5.55. The second-order valence-electron chi connectivity index (χ2n) is 5.63. The summed E-state index contributed by atoms with van der Waals surface area (Å²) in [6.45, 7) is 3.92. The van der Waals surface area contributed by atoms with Crippen molar-refractivity contribution in [2.45, 2.75) is 84.2 Å². The first-order valence-electron chi connectivity index (χ1n) is 7.88. The Labute approximate surface area is 117 Å². The van der Waals surface area contributed by atoms with Crippen LogP contribution in [0.3, 0.4) is 0 Å². The highest BCUT2D eigenvalue weighted by atomic mass is 16.5. The van der Waals surface area contributed by atoms with Crippen LogP contribution in [0, 0.1) is 5.92 Å². The number of carbonyl (C=O) groups is 2. The Hall–Kier alpha value is -0.860. The lowest BCUT2D eigenvalue weighted by Crippen LogP contribution is -2.27. The van der Waals surface area contributed by atoms with E-state index in [0.29, 0.717) is 25.0 Å². The maximum atomic E-state index is 11.9. The Morgan fingerprint density at radius 1 is 1.11 bits per heavy atom. The topological polar surface area (TPSA) is 43.4 Å². The van der Waals surface area contributed by atoms with Gasteiger partial charge >= 0.3 is 5.97 Å². The molecule has 0 aliphatic heterocycles. The number of Topliss-reactive ketones (excluding diaryl/α,β-unsaturated/α-hetero) is 1. The van der Waals surface area contributed by atoms with Crippen molar-refractivity contribution >= 4 is 11.8 Å². The summed E-state index contributed by atoms with van der Waals surface area (Å²) in [4.78, 5) is 23.4. The zero-order chi connectivity index (χ0) is 14.1. The molecule has 0 N–H and O–H groups in total. The molecule has 2 atom stereocenters. The quantitative estimate of drug-likeness (QED) is 0.517. The van der Waals surface area contributed by atoms with E-state index >= 15 is 0 Å². The van der Waals surface area contributed by atoms with Gasteiger partial charge in [0.1, 0.15) is 11.9 Å². The van der Waals surface area contributed by atoms with Crippen LogP contribution in [0.25, 0.3) is 0 Å². The van der Waals surface area contributed by atoms with E-state index in [4.69, 9.17) is 4.74 Å². The molecule has 0 unspecified atom stereocenters. The van der Waals surface area contributed by atoms with Gasteiger partial charge in [0.05, 0.1) is 0 Å². The van der Waals surface area contributed by atoms with Crippen LogP contribution < -0.4 is 0 Å². The predicted octanol–water partition coefficient (Wildman–Crippen LogP) is 4.04. The summed E-state index contributed by atoms with van der Waals surface area (Å²) in [6.07, 6.45) is 9.14. The molecule has 110 valence electrons. The molecule has 1 saturated carbocycles. The number of hydrogen-bond acceptors (Lipinski definition) is 3. The molecule has 0 amide bonds. The molecule has 0 saturated heterocycles. The van der Waals surface area contributed by atoms with Gasteiger partial charge in [-0.2, -0.15) is 0 Å². The van der Waals surface area contributed by atoms with Gasteiger partial charge in [-0.25, -0.2) is 0 Å². The Bertz CT molecular complexity index is 286. The fourth-order valence-electron chi connectivity index (χ4n) is 2.76. The van der Waals surface area contributed by atoms with Gasteiger partial charge in [0, 0.05) is 25.2 Å². The molecule has 0 spiro atoms. The molecule has 0 heterocycles. The molecular weight excluding hydrogens is 240 g/mol. The van der Waals surface area contributed by atoms with E-state index in [0.717, 1.165) is 38.5 Å². The van der Waals surface area contributed by atoms with E-state index in [1.54, 1.807) is 0 Å². The first kappa shape index (κ1) is 16.2. The van der Waals surface area contributed by atoms with E-state index in [1.165, 1.54) is 6.42 Å². The average molecular weight is 268 g/mol. The van der Waals surface area contributed by atoms with Crippen LogP contribution in [0.5, 0.6) is 0 Å². The van der Waals surface area contributed by atoms with Crippen molar-refractivity contribution in [3.63, 3.8) is 0 Å². The van der Waals surface area contributed by atoms with E-state index in [1.807, 2.05) is 6.92 Å². The molecule has 3 nitrogen and oxygen atoms in total. The van der Waals surface area contributed by atoms with Gasteiger partial charge in [0.15, 0.2) is 0 Å². The molecule has 19 heavy (non-hydrogen) atoms. The standard InChI is InChI=1S/C16H28O3/c1-3-5-10-14(17)12-13-9-7-6-8-11-15(13)19-16(18)4-2/h13,15H,3-12H2,1-2H3/t13-,15+/m1/s1. The van der Waals surface area contributed by atoms with Crippen LogP contribution in [0.4, 0.5) is 0 Å². The third kappa shape index (κ3) is 6.22. The van der Waals surface area contributed by atoms with Gasteiger partial charge < -0.3 is 4.74 Å². The molecule has 1 rings (SSSR count). The van der Waals surface area contributed by atoms with E-state index in [-0.39, 0.29) is 18.0 Å². The highest BCUT2D eigenvalue weighted by Crippen LogP contribution is 2.29. The number of hydrogen-bond donors (Lipinski definition) is 0. The van der Waals surface area contributed by atoms with Crippen LogP contribution in [0.15, 0.2) is 0 Å². The van der Waals surface area contributed by atoms with Gasteiger partial charge in [-0.3, -0.25) is 9.59 Å². The molecule has 0 bridgehead atoms. The summed E-state index contributed by atoms with van der Waals surface area (Å²) in [5.41, 5.74) is 0. The molecule has 0 radical (unpaired) electrons. The smallest absolute Gasteiger partial charge is 0.305 e. The lowest BCUT2D eigenvalue weighted by molar-refractivity contribution is -0.152. The molecule has 1 aliphatic carbocycles. The van der Waals surface area contributed by atoms with Crippen molar-refractivity contribution in [1.29, 1.82) is 0 Å². The fraction of sp³-hybridized carbons (Fsp3) is 0.875. The zero-order valence-corrected chi connectivity index (χ0v) is 12.5. The molecule has 1 aliphatic rings. The average Bonchev–Trinajstić information content (AvgIpc) is 2.62. The van der Waals surface area contributed by atoms with Crippen molar-refractivity contribution in [2.75, 3.05) is 0 Å². The number of ketones is 1. The maximum absolute atomic E-state index is 11.9. The van der Waals surface area contributed by atoms with Crippen LogP contribution in [0.1, 0.15) is 78.1 Å². The number of esters is 1. The Morgan fingerprint density at radius 2 is 1.84 bits per heavy atom. The zero-order valence-electron chi connectivity index (χ0n) is 12.5. The second-order valence-corrected chi connectivity index (χ2v) is 5.63. The number of ether oxygens (including phenoxy) is 1. The summed E-state index contributed by atoms with van der Waals surface area (Å²) in [6, 6.07) is 0. The van der Waals surface area contributed by atoms with Crippen molar-refractivity contribution in [3.05, 3.63) is 0 Å². The SMILES string of the molecule is CCCCC(=O)C[C@H]1CCCCC[C@@H]1OC(=O)CC. The minimum Gasteiger partial charge on any atom is -0.462 e. The summed E-state index contributed by atoms with van der Waals surface area (Å²) in [5, 5.41) is 0. The minimum atomic E-state index is -0.127. The molecule has 0 aromatic rings. The Balaban J connectivity index is 2.52. The summed E-state index contributed by atoms with van der Waals surface area (Å²) in [7, 11) is 0. The van der Waals surface area contributed by atoms with Gasteiger partial charge in [0.25, 0.3) is 0 Å². The van der Waals surface area contributed by atoms with Crippen LogP contribution in [-0.4, -0.2) is 17.9 Å². The van der Waals surface area contributed by atoms with Gasteiger partial charge in [0.2, 0.25) is 0 Å². The van der Waals surface area contributed by atoms with E-state index < -0.39 is 0 Å². The van der Waals surface area contributed by atoms with Gasteiger partial charge in [-0.15, -0.1) is 0 Å². The highest BCUT2D eigenvalue weighted by Gasteiger charge is 2.28. The van der Waals surface area contributed by atoms with E-state index in [9.17, 15) is 9.59 Å². The van der Waals surface area contributed by atoms with Crippen molar-refractivity contribution in [3.8, 4) is 0 Å². The normalized spacial score (nSPS) is 23.7. The molecule has 1 fully saturated rings. The first-order valence-corrected chi connectivity index (χ1v) is 7.88. The Kier molecular flexibility index (Phi) is 7.76. The first-order chi connectivity index (χ1) is 9.17. The summed E-state index contributed by atoms with van der Waals surface area (Å²) >= 11 is 0. The van der Waals surface area contributed by atoms with Crippen molar-refractivity contribution in [1.82, 2.24) is 0 Å². The van der Waals surface area contributed by atoms with Crippen molar-refractivity contribution < 1.29 is 14.3 Å². The highest BCUT2D eigenvalue weighted by molar-refractivity contribution is 5.78. The Morgan fingerprint density at radius 3 is 2.53 bits per heavy atom. The number of rotatable bonds is 7. The van der Waals surface area contributed by atoms with Gasteiger partial charge in [-0.1, -0.05) is 33.1 Å². The van der Waals surface area contributed by atoms with Crippen LogP contribution in [-0.2, 0) is 14.3 Å². The largest absolute Gasteiger partial charge is 0.462 e. The predicted molar refractivity (Wildman–Crippen MR) is 75.9 cm³/mol. The lowest BCUT2D eigenvalue weighted by atomic mass is 9.90. The lowest BCUT2D eigenvalue weighted by Gasteiger charge is -2.24. The number of unbranched alkanes of at least 4 members (excludes halogenated alkanes) is 1. The van der Waals surface area contributed by atoms with E-state index in [2.05, 4.69) is 6.92 Å². The molecule has 0 aromatic carbocycles. The van der Waals surface area contributed by atoms with Gasteiger partial charge in [-0.05, 0) is 25.7 Å². The maximum Gasteiger partial charge on any atom is 0.305 e. The minimum absolute atomic E-state index is 0.0273. The molecule has 3 heteroatoms. The fourth-order valence-corrected chi connectivity index (χ4v) is 2.76. The molecular formula is C16H28O3. The third-order valence-corrected chi connectivity index (χ3v) is 3.96. The monoisotopic (exact) mass is 268 g/mol. The number of carbonyl (C=O) groups excluding carboxylic acids is 2. The summed E-state index contributed by atoms with van der Waals surface area (Å²) in [5.74, 6) is 0.464. The second kappa shape index (κ2) is 9.11. The third-order valence-electron chi connectivity index (χ3n) is 3.96. The van der Waals surface area contributed by atoms with Crippen molar-refractivity contribution in [2.24, 2.45) is 5.92 Å². The van der Waals surface area contributed by atoms with Crippen LogP contribution in [0.2, 0.25) is 0 Å². The van der Waals surface area contributed by atoms with Crippen LogP contribution >= 0.6 is 0 Å².